The van der Waals surface area contributed by atoms with E-state index in [0.29, 0.717) is 23.5 Å². The molecule has 4 aromatic rings. The molecule has 6 nitrogen and oxygen atoms in total. The summed E-state index contributed by atoms with van der Waals surface area (Å²) in [6, 6.07) is 15.1. The maximum Gasteiger partial charge on any atom is 0.268 e. The van der Waals surface area contributed by atoms with Crippen LogP contribution in [-0.2, 0) is 0 Å². The Morgan fingerprint density at radius 3 is 2.93 bits per heavy atom. The molecule has 0 aliphatic carbocycles. The number of hydrogen-bond acceptors (Lipinski definition) is 3. The Bertz CT molecular complexity index is 1260. The molecule has 6 heteroatoms. The molecule has 1 unspecified atom stereocenters. The molecule has 0 bridgehead atoms. The van der Waals surface area contributed by atoms with Crippen molar-refractivity contribution in [2.45, 2.75) is 12.8 Å². The van der Waals surface area contributed by atoms with Crippen molar-refractivity contribution in [2.24, 2.45) is 0 Å². The minimum atomic E-state index is -0.207. The number of carbonyl (C=O) groups excluding carboxylic acids is 2. The third-order valence-corrected chi connectivity index (χ3v) is 5.24. The van der Waals surface area contributed by atoms with Crippen molar-refractivity contribution in [2.75, 3.05) is 11.9 Å². The molecule has 3 heterocycles. The van der Waals surface area contributed by atoms with E-state index in [0.717, 1.165) is 27.4 Å². The summed E-state index contributed by atoms with van der Waals surface area (Å²) in [7, 11) is 0. The van der Waals surface area contributed by atoms with E-state index in [1.54, 1.807) is 12.3 Å². The second-order valence-electron chi connectivity index (χ2n) is 7.16. The summed E-state index contributed by atoms with van der Waals surface area (Å²) >= 11 is 0. The van der Waals surface area contributed by atoms with Gasteiger partial charge in [0.15, 0.2) is 0 Å². The number of aromatic nitrogens is 2. The Hall–Kier alpha value is -3.67. The van der Waals surface area contributed by atoms with Crippen molar-refractivity contribution >= 4 is 39.3 Å². The molecule has 0 spiro atoms. The second-order valence-corrected chi connectivity index (χ2v) is 7.16. The fourth-order valence-corrected chi connectivity index (χ4v) is 3.82. The molecule has 1 atom stereocenters. The topological polar surface area (TPSA) is 86.9 Å². The van der Waals surface area contributed by atoms with Gasteiger partial charge in [0.25, 0.3) is 11.8 Å². The number of H-pyrrole nitrogens is 1. The molecule has 3 N–H and O–H groups in total. The van der Waals surface area contributed by atoms with E-state index in [-0.39, 0.29) is 17.7 Å². The molecule has 1 aliphatic rings. The average molecular weight is 370 g/mol. The van der Waals surface area contributed by atoms with Gasteiger partial charge >= 0.3 is 0 Å². The van der Waals surface area contributed by atoms with E-state index in [4.69, 9.17) is 0 Å². The molecule has 0 fully saturated rings. The molecular formula is C22H18N4O2. The molecule has 0 saturated heterocycles. The van der Waals surface area contributed by atoms with Crippen LogP contribution in [0.4, 0.5) is 5.69 Å². The molecule has 0 saturated carbocycles. The van der Waals surface area contributed by atoms with E-state index < -0.39 is 0 Å². The summed E-state index contributed by atoms with van der Waals surface area (Å²) in [6.07, 6.45) is 1.66. The first kappa shape index (κ1) is 16.5. The Morgan fingerprint density at radius 1 is 1.18 bits per heavy atom. The maximum atomic E-state index is 12.8. The van der Waals surface area contributed by atoms with Crippen molar-refractivity contribution in [3.05, 3.63) is 71.5 Å². The van der Waals surface area contributed by atoms with Crippen LogP contribution in [0, 0.1) is 0 Å². The van der Waals surface area contributed by atoms with E-state index in [1.165, 1.54) is 0 Å². The van der Waals surface area contributed by atoms with Crippen molar-refractivity contribution in [1.29, 1.82) is 0 Å². The van der Waals surface area contributed by atoms with Crippen LogP contribution < -0.4 is 10.6 Å². The molecule has 28 heavy (non-hydrogen) atoms. The number of hydrogen-bond donors (Lipinski definition) is 3. The molecule has 138 valence electrons. The summed E-state index contributed by atoms with van der Waals surface area (Å²) in [4.78, 5) is 32.5. The number of rotatable bonds is 2. The Labute approximate surface area is 161 Å². The number of nitrogens with zero attached hydrogens (tertiary/aromatic N) is 1. The third kappa shape index (κ3) is 2.62. The summed E-state index contributed by atoms with van der Waals surface area (Å²) < 4.78 is 0. The van der Waals surface area contributed by atoms with Gasteiger partial charge in [0.05, 0.1) is 17.4 Å². The zero-order chi connectivity index (χ0) is 19.3. The average Bonchev–Trinajstić information content (AvgIpc) is 3.11. The lowest BCUT2D eigenvalue weighted by atomic mass is 9.93. The molecule has 2 aromatic heterocycles. The van der Waals surface area contributed by atoms with Crippen LogP contribution in [0.1, 0.15) is 39.3 Å². The normalized spacial score (nSPS) is 16.0. The summed E-state index contributed by atoms with van der Waals surface area (Å²) in [5.74, 6) is -0.121. The second kappa shape index (κ2) is 6.20. The summed E-state index contributed by atoms with van der Waals surface area (Å²) in [5.41, 5.74) is 4.49. The molecule has 1 aliphatic heterocycles. The fourth-order valence-electron chi connectivity index (χ4n) is 3.82. The Morgan fingerprint density at radius 2 is 2.04 bits per heavy atom. The van der Waals surface area contributed by atoms with Gasteiger partial charge in [-0.2, -0.15) is 0 Å². The van der Waals surface area contributed by atoms with Crippen LogP contribution in [0.2, 0.25) is 0 Å². The molecule has 2 amide bonds. The summed E-state index contributed by atoms with van der Waals surface area (Å²) in [6.45, 7) is 2.66. The highest BCUT2D eigenvalue weighted by Gasteiger charge is 2.27. The third-order valence-electron chi connectivity index (χ3n) is 5.24. The smallest absolute Gasteiger partial charge is 0.268 e. The van der Waals surface area contributed by atoms with E-state index >= 15 is 0 Å². The van der Waals surface area contributed by atoms with E-state index in [2.05, 4.69) is 27.5 Å². The van der Waals surface area contributed by atoms with E-state index in [9.17, 15) is 9.59 Å². The minimum Gasteiger partial charge on any atom is -0.350 e. The Balaban J connectivity index is 1.50. The predicted octanol–water partition coefficient (Wildman–Crippen LogP) is 3.82. The highest BCUT2D eigenvalue weighted by molar-refractivity contribution is 6.09. The van der Waals surface area contributed by atoms with E-state index in [1.807, 2.05) is 42.5 Å². The minimum absolute atomic E-state index is 0.0995. The lowest BCUT2D eigenvalue weighted by Crippen LogP contribution is -2.33. The van der Waals surface area contributed by atoms with Gasteiger partial charge in [-0.3, -0.25) is 14.6 Å². The highest BCUT2D eigenvalue weighted by Crippen LogP contribution is 2.32. The number of carbonyl (C=O) groups is 2. The van der Waals surface area contributed by atoms with Gasteiger partial charge in [-0.15, -0.1) is 0 Å². The maximum absolute atomic E-state index is 12.8. The molecular weight excluding hydrogens is 352 g/mol. The standard InChI is InChI=1S/C22H18N4O2/c1-12-10-24-22(28)20-19(12)16-9-14(6-7-18(16)26-20)21(27)25-15-8-13-4-2-3-5-17(13)23-11-15/h2-9,11-12,26H,10H2,1H3,(H,24,28)(H,25,27). The Kier molecular flexibility index (Phi) is 3.65. The van der Waals surface area contributed by atoms with Crippen LogP contribution in [0.25, 0.3) is 21.8 Å². The zero-order valence-corrected chi connectivity index (χ0v) is 15.2. The molecule has 2 aromatic carbocycles. The number of aromatic amines is 1. The first-order valence-corrected chi connectivity index (χ1v) is 9.20. The lowest BCUT2D eigenvalue weighted by molar-refractivity contribution is 0.0936. The first-order chi connectivity index (χ1) is 13.6. The van der Waals surface area contributed by atoms with Crippen LogP contribution in [0.15, 0.2) is 54.7 Å². The predicted molar refractivity (Wildman–Crippen MR) is 109 cm³/mol. The van der Waals surface area contributed by atoms with Gasteiger partial charge in [-0.25, -0.2) is 0 Å². The van der Waals surface area contributed by atoms with Gasteiger partial charge in [-0.05, 0) is 35.9 Å². The highest BCUT2D eigenvalue weighted by atomic mass is 16.2. The monoisotopic (exact) mass is 370 g/mol. The van der Waals surface area contributed by atoms with Gasteiger partial charge in [0, 0.05) is 34.3 Å². The number of anilines is 1. The van der Waals surface area contributed by atoms with Crippen molar-refractivity contribution < 1.29 is 9.59 Å². The lowest BCUT2D eigenvalue weighted by Gasteiger charge is -2.19. The van der Waals surface area contributed by atoms with Crippen molar-refractivity contribution in [3.63, 3.8) is 0 Å². The summed E-state index contributed by atoms with van der Waals surface area (Å²) in [5, 5.41) is 7.68. The van der Waals surface area contributed by atoms with Crippen LogP contribution in [-0.4, -0.2) is 28.3 Å². The number of pyridine rings is 1. The first-order valence-electron chi connectivity index (χ1n) is 9.20. The van der Waals surface area contributed by atoms with Crippen LogP contribution in [0.3, 0.4) is 0 Å². The van der Waals surface area contributed by atoms with Gasteiger partial charge in [-0.1, -0.05) is 25.1 Å². The van der Waals surface area contributed by atoms with Crippen molar-refractivity contribution in [1.82, 2.24) is 15.3 Å². The zero-order valence-electron chi connectivity index (χ0n) is 15.2. The number of nitrogens with one attached hydrogen (secondary N) is 3. The molecule has 0 radical (unpaired) electrons. The number of para-hydroxylation sites is 1. The number of amides is 2. The largest absolute Gasteiger partial charge is 0.350 e. The molecule has 5 rings (SSSR count). The fraction of sp³-hybridized carbons (Fsp3) is 0.136. The van der Waals surface area contributed by atoms with Crippen LogP contribution in [0.5, 0.6) is 0 Å². The quantitative estimate of drug-likeness (QED) is 0.501. The number of fused-ring (bicyclic) bond motifs is 4. The van der Waals surface area contributed by atoms with Gasteiger partial charge in [0.2, 0.25) is 0 Å². The van der Waals surface area contributed by atoms with Crippen LogP contribution >= 0.6 is 0 Å². The number of benzene rings is 2. The van der Waals surface area contributed by atoms with Crippen molar-refractivity contribution in [3.8, 4) is 0 Å². The van der Waals surface area contributed by atoms with Gasteiger partial charge < -0.3 is 15.6 Å². The SMILES string of the molecule is CC1CNC(=O)c2[nH]c3ccc(C(=O)Nc4cnc5ccccc5c4)cc3c21. The van der Waals surface area contributed by atoms with Gasteiger partial charge in [0.1, 0.15) is 5.69 Å².